The van der Waals surface area contributed by atoms with E-state index in [1.165, 1.54) is 0 Å². The van der Waals surface area contributed by atoms with Gasteiger partial charge in [0.1, 0.15) is 12.2 Å². The molecule has 5 aromatic rings. The lowest BCUT2D eigenvalue weighted by atomic mass is 10.1. The summed E-state index contributed by atoms with van der Waals surface area (Å²) < 4.78 is 3.88. The standard InChI is InChI=1S/C23H16N4O/c24-14-18-13-22(27-20-4-2-1-3-16(20)7-10-21(18)27)23(28)17-5-8-19(9-6-17)26-12-11-25-15-26/h1-13,15,23,28H. The van der Waals surface area contributed by atoms with Crippen LogP contribution in [0.3, 0.4) is 0 Å². The summed E-state index contributed by atoms with van der Waals surface area (Å²) in [6.07, 6.45) is 4.48. The second kappa shape index (κ2) is 6.38. The Morgan fingerprint density at radius 3 is 2.54 bits per heavy atom. The lowest BCUT2D eigenvalue weighted by molar-refractivity contribution is 0.215. The van der Waals surface area contributed by atoms with Crippen molar-refractivity contribution in [1.82, 2.24) is 14.0 Å². The summed E-state index contributed by atoms with van der Waals surface area (Å²) >= 11 is 0. The highest BCUT2D eigenvalue weighted by Gasteiger charge is 2.19. The van der Waals surface area contributed by atoms with Crippen molar-refractivity contribution in [2.45, 2.75) is 6.10 Å². The van der Waals surface area contributed by atoms with Crippen molar-refractivity contribution in [1.29, 1.82) is 5.26 Å². The predicted octanol–water partition coefficient (Wildman–Crippen LogP) is 4.23. The van der Waals surface area contributed by atoms with E-state index in [9.17, 15) is 10.4 Å². The summed E-state index contributed by atoms with van der Waals surface area (Å²) in [4.78, 5) is 4.06. The molecular formula is C23H16N4O. The number of hydrogen-bond acceptors (Lipinski definition) is 3. The van der Waals surface area contributed by atoms with E-state index >= 15 is 0 Å². The van der Waals surface area contributed by atoms with Gasteiger partial charge < -0.3 is 14.1 Å². The van der Waals surface area contributed by atoms with Gasteiger partial charge in [0.15, 0.2) is 0 Å². The normalized spacial score (nSPS) is 12.3. The molecule has 1 N–H and O–H groups in total. The van der Waals surface area contributed by atoms with Crippen LogP contribution in [0.1, 0.15) is 22.9 Å². The molecule has 2 aromatic carbocycles. The number of nitrogens with zero attached hydrogens (tertiary/aromatic N) is 4. The van der Waals surface area contributed by atoms with Crippen molar-refractivity contribution < 1.29 is 5.11 Å². The maximum Gasteiger partial charge on any atom is 0.119 e. The molecule has 0 fully saturated rings. The van der Waals surface area contributed by atoms with Gasteiger partial charge in [-0.3, -0.25) is 0 Å². The third kappa shape index (κ3) is 2.48. The molecule has 0 aliphatic carbocycles. The summed E-state index contributed by atoms with van der Waals surface area (Å²) in [6, 6.07) is 23.6. The van der Waals surface area contributed by atoms with Crippen LogP contribution in [-0.4, -0.2) is 19.1 Å². The average Bonchev–Trinajstić information content (AvgIpc) is 3.41. The topological polar surface area (TPSA) is 66.2 Å². The Morgan fingerprint density at radius 2 is 1.79 bits per heavy atom. The van der Waals surface area contributed by atoms with Crippen LogP contribution < -0.4 is 0 Å². The van der Waals surface area contributed by atoms with Crippen molar-refractivity contribution in [3.8, 4) is 11.8 Å². The van der Waals surface area contributed by atoms with Crippen LogP contribution in [-0.2, 0) is 0 Å². The lowest BCUT2D eigenvalue weighted by Gasteiger charge is -2.14. The first-order chi connectivity index (χ1) is 13.8. The number of aliphatic hydroxyl groups excluding tert-OH is 1. The first kappa shape index (κ1) is 16.3. The lowest BCUT2D eigenvalue weighted by Crippen LogP contribution is -2.04. The van der Waals surface area contributed by atoms with Gasteiger partial charge in [0.05, 0.1) is 28.6 Å². The molecule has 0 aliphatic heterocycles. The van der Waals surface area contributed by atoms with Crippen LogP contribution in [0.15, 0.2) is 85.5 Å². The van der Waals surface area contributed by atoms with Gasteiger partial charge in [-0.2, -0.15) is 5.26 Å². The van der Waals surface area contributed by atoms with E-state index in [2.05, 4.69) is 11.1 Å². The van der Waals surface area contributed by atoms with Crippen molar-refractivity contribution >= 4 is 16.4 Å². The second-order valence-electron chi connectivity index (χ2n) is 6.67. The Labute approximate surface area is 161 Å². The van der Waals surface area contributed by atoms with Crippen molar-refractivity contribution in [3.05, 3.63) is 102 Å². The summed E-state index contributed by atoms with van der Waals surface area (Å²) in [5.74, 6) is 0. The smallest absolute Gasteiger partial charge is 0.119 e. The Hall–Kier alpha value is -3.88. The Balaban J connectivity index is 1.66. The number of rotatable bonds is 3. The maximum absolute atomic E-state index is 11.1. The van der Waals surface area contributed by atoms with E-state index in [-0.39, 0.29) is 0 Å². The Kier molecular flexibility index (Phi) is 3.71. The maximum atomic E-state index is 11.1. The van der Waals surface area contributed by atoms with Crippen molar-refractivity contribution in [2.24, 2.45) is 0 Å². The molecule has 28 heavy (non-hydrogen) atoms. The van der Waals surface area contributed by atoms with E-state index in [4.69, 9.17) is 0 Å². The van der Waals surface area contributed by atoms with Crippen LogP contribution >= 0.6 is 0 Å². The molecule has 0 aliphatic rings. The molecule has 0 radical (unpaired) electrons. The van der Waals surface area contributed by atoms with Gasteiger partial charge in [0, 0.05) is 18.1 Å². The first-order valence-corrected chi connectivity index (χ1v) is 8.96. The van der Waals surface area contributed by atoms with Gasteiger partial charge in [0.25, 0.3) is 0 Å². The van der Waals surface area contributed by atoms with Gasteiger partial charge in [-0.1, -0.05) is 36.4 Å². The summed E-state index contributed by atoms with van der Waals surface area (Å²) in [5.41, 5.74) is 4.72. The number of fused-ring (bicyclic) bond motifs is 3. The molecule has 0 amide bonds. The van der Waals surface area contributed by atoms with Gasteiger partial charge in [0.2, 0.25) is 0 Å². The third-order valence-electron chi connectivity index (χ3n) is 5.08. The molecule has 0 spiro atoms. The fourth-order valence-electron chi connectivity index (χ4n) is 3.68. The minimum absolute atomic E-state index is 0.551. The summed E-state index contributed by atoms with van der Waals surface area (Å²) in [5, 5.41) is 21.7. The van der Waals surface area contributed by atoms with E-state index in [1.54, 1.807) is 18.6 Å². The van der Waals surface area contributed by atoms with Gasteiger partial charge in [-0.15, -0.1) is 0 Å². The van der Waals surface area contributed by atoms with Crippen LogP contribution in [0.25, 0.3) is 22.1 Å². The predicted molar refractivity (Wildman–Crippen MR) is 107 cm³/mol. The van der Waals surface area contributed by atoms with E-state index in [1.807, 2.05) is 75.8 Å². The molecule has 0 saturated heterocycles. The number of para-hydroxylation sites is 1. The number of nitriles is 1. The average molecular weight is 364 g/mol. The Bertz CT molecular complexity index is 1330. The van der Waals surface area contributed by atoms with Gasteiger partial charge in [-0.25, -0.2) is 4.98 Å². The highest BCUT2D eigenvalue weighted by molar-refractivity contribution is 5.85. The number of imidazole rings is 1. The van der Waals surface area contributed by atoms with E-state index < -0.39 is 6.10 Å². The van der Waals surface area contributed by atoms with Crippen molar-refractivity contribution in [3.63, 3.8) is 0 Å². The van der Waals surface area contributed by atoms with E-state index in [0.717, 1.165) is 27.7 Å². The molecule has 0 saturated carbocycles. The van der Waals surface area contributed by atoms with E-state index in [0.29, 0.717) is 11.3 Å². The number of aliphatic hydroxyl groups is 1. The second-order valence-corrected chi connectivity index (χ2v) is 6.67. The van der Waals surface area contributed by atoms with Crippen LogP contribution in [0, 0.1) is 11.3 Å². The molecule has 1 unspecified atom stereocenters. The molecule has 3 heterocycles. The number of aromatic nitrogens is 3. The number of pyridine rings is 1. The number of hydrogen-bond donors (Lipinski definition) is 1. The molecule has 5 rings (SSSR count). The third-order valence-corrected chi connectivity index (χ3v) is 5.08. The minimum Gasteiger partial charge on any atom is -0.382 e. The van der Waals surface area contributed by atoms with Gasteiger partial charge in [-0.05, 0) is 41.3 Å². The van der Waals surface area contributed by atoms with Crippen molar-refractivity contribution in [2.75, 3.05) is 0 Å². The van der Waals surface area contributed by atoms with Crippen LogP contribution in [0.4, 0.5) is 0 Å². The molecule has 3 aromatic heterocycles. The molecule has 0 bridgehead atoms. The zero-order chi connectivity index (χ0) is 19.1. The first-order valence-electron chi connectivity index (χ1n) is 8.96. The fraction of sp³-hybridized carbons (Fsp3) is 0.0435. The van der Waals surface area contributed by atoms with Gasteiger partial charge >= 0.3 is 0 Å². The quantitative estimate of drug-likeness (QED) is 0.521. The zero-order valence-corrected chi connectivity index (χ0v) is 14.9. The summed E-state index contributed by atoms with van der Waals surface area (Å²) in [6.45, 7) is 0. The zero-order valence-electron chi connectivity index (χ0n) is 14.9. The Morgan fingerprint density at radius 1 is 0.964 bits per heavy atom. The monoisotopic (exact) mass is 364 g/mol. The summed E-state index contributed by atoms with van der Waals surface area (Å²) in [7, 11) is 0. The minimum atomic E-state index is -0.850. The SMILES string of the molecule is N#Cc1cc(C(O)c2ccc(-n3ccnc3)cc2)n2c1ccc1ccccc12. The molecule has 1 atom stereocenters. The van der Waals surface area contributed by atoms with Crippen LogP contribution in [0.5, 0.6) is 0 Å². The number of benzene rings is 2. The molecular weight excluding hydrogens is 348 g/mol. The largest absolute Gasteiger partial charge is 0.382 e. The molecule has 5 nitrogen and oxygen atoms in total. The fourth-order valence-corrected chi connectivity index (χ4v) is 3.68. The highest BCUT2D eigenvalue weighted by atomic mass is 16.3. The highest BCUT2D eigenvalue weighted by Crippen LogP contribution is 2.30. The van der Waals surface area contributed by atoms with Crippen LogP contribution in [0.2, 0.25) is 0 Å². The molecule has 134 valence electrons. The molecule has 5 heteroatoms.